The van der Waals surface area contributed by atoms with Crippen molar-refractivity contribution in [2.24, 2.45) is 0 Å². The fraction of sp³-hybridized carbons (Fsp3) is 0.286. The largest absolute Gasteiger partial charge is 0.349 e. The van der Waals surface area contributed by atoms with Crippen molar-refractivity contribution in [2.45, 2.75) is 52.2 Å². The minimum atomic E-state index is -1.10. The number of carbonyl (C=O) groups excluding carboxylic acids is 2. The van der Waals surface area contributed by atoms with Crippen LogP contribution in [0.1, 0.15) is 44.9 Å². The van der Waals surface area contributed by atoms with Gasteiger partial charge in [0, 0.05) is 5.54 Å². The van der Waals surface area contributed by atoms with Gasteiger partial charge in [-0.25, -0.2) is 9.07 Å². The van der Waals surface area contributed by atoms with E-state index in [1.54, 1.807) is 18.2 Å². The molecule has 3 aromatic carbocycles. The Morgan fingerprint density at radius 3 is 2.33 bits per heavy atom. The highest BCUT2D eigenvalue weighted by Gasteiger charge is 2.36. The number of aromatic nitrogens is 3. The summed E-state index contributed by atoms with van der Waals surface area (Å²) in [6.45, 7) is 7.40. The third-order valence-electron chi connectivity index (χ3n) is 5.79. The number of halogens is 1. The average molecular weight is 488 g/mol. The van der Waals surface area contributed by atoms with Crippen LogP contribution in [0.4, 0.5) is 10.1 Å². The van der Waals surface area contributed by atoms with Crippen molar-refractivity contribution < 1.29 is 14.0 Å². The Labute approximate surface area is 209 Å². The van der Waals surface area contributed by atoms with E-state index in [-0.39, 0.29) is 12.2 Å². The molecule has 0 spiro atoms. The second-order valence-corrected chi connectivity index (χ2v) is 9.69. The molecule has 0 saturated heterocycles. The zero-order chi connectivity index (χ0) is 25.9. The predicted molar refractivity (Wildman–Crippen MR) is 138 cm³/mol. The van der Waals surface area contributed by atoms with Crippen molar-refractivity contribution in [1.29, 1.82) is 0 Å². The summed E-state index contributed by atoms with van der Waals surface area (Å²) in [7, 11) is 0. The highest BCUT2D eigenvalue weighted by molar-refractivity contribution is 6.01. The Balaban J connectivity index is 1.83. The lowest BCUT2D eigenvalue weighted by Gasteiger charge is -2.34. The van der Waals surface area contributed by atoms with Gasteiger partial charge in [0.1, 0.15) is 23.9 Å². The molecule has 0 bridgehead atoms. The van der Waals surface area contributed by atoms with E-state index in [0.29, 0.717) is 16.6 Å². The van der Waals surface area contributed by atoms with Gasteiger partial charge in [0.2, 0.25) is 11.8 Å². The molecular weight excluding hydrogens is 457 g/mol. The van der Waals surface area contributed by atoms with Gasteiger partial charge in [-0.2, -0.15) is 0 Å². The maximum Gasteiger partial charge on any atom is 0.249 e. The summed E-state index contributed by atoms with van der Waals surface area (Å²) in [5, 5.41) is 11.2. The summed E-state index contributed by atoms with van der Waals surface area (Å²) in [5.41, 5.74) is 2.42. The zero-order valence-corrected chi connectivity index (χ0v) is 20.9. The number of fused-ring (bicyclic) bond motifs is 1. The number of nitrogens with one attached hydrogen (secondary N) is 1. The van der Waals surface area contributed by atoms with Gasteiger partial charge in [-0.05, 0) is 62.6 Å². The SMILES string of the molecule is CCc1ccc([C@@H](C(=O)NC(C)(C)C)N(C(=O)Cn2nnc3ccccc32)c2ccccc2F)cc1. The lowest BCUT2D eigenvalue weighted by Crippen LogP contribution is -2.50. The van der Waals surface area contributed by atoms with E-state index < -0.39 is 29.2 Å². The molecule has 7 nitrogen and oxygen atoms in total. The number of anilines is 1. The summed E-state index contributed by atoms with van der Waals surface area (Å²) in [5.74, 6) is -1.51. The van der Waals surface area contributed by atoms with Crippen molar-refractivity contribution in [3.05, 3.63) is 89.7 Å². The van der Waals surface area contributed by atoms with Crippen LogP contribution in [0, 0.1) is 5.82 Å². The fourth-order valence-corrected chi connectivity index (χ4v) is 4.09. The number of benzene rings is 3. The monoisotopic (exact) mass is 487 g/mol. The Kier molecular flexibility index (Phi) is 7.15. The van der Waals surface area contributed by atoms with Crippen LogP contribution in [0.3, 0.4) is 0 Å². The van der Waals surface area contributed by atoms with E-state index >= 15 is 4.39 Å². The van der Waals surface area contributed by atoms with Gasteiger partial charge in [0.25, 0.3) is 0 Å². The third kappa shape index (κ3) is 5.43. The number of carbonyl (C=O) groups is 2. The standard InChI is InChI=1S/C28H30FN5O2/c1-5-19-14-16-20(17-15-19)26(27(36)30-28(2,3)4)34(23-12-8-6-10-21(23)29)25(35)18-33-24-13-9-7-11-22(24)31-32-33/h6-17,26H,5,18H2,1-4H3,(H,30,36)/t26-/m0/s1. The van der Waals surface area contributed by atoms with Gasteiger partial charge in [0.05, 0.1) is 11.2 Å². The molecule has 1 heterocycles. The number of hydrogen-bond donors (Lipinski definition) is 1. The molecular formula is C28H30FN5O2. The van der Waals surface area contributed by atoms with E-state index in [4.69, 9.17) is 0 Å². The molecule has 0 saturated carbocycles. The first-order valence-corrected chi connectivity index (χ1v) is 11.9. The van der Waals surface area contributed by atoms with Gasteiger partial charge >= 0.3 is 0 Å². The average Bonchev–Trinajstić information content (AvgIpc) is 3.25. The lowest BCUT2D eigenvalue weighted by molar-refractivity contribution is -0.128. The normalized spacial score (nSPS) is 12.4. The van der Waals surface area contributed by atoms with E-state index in [2.05, 4.69) is 15.6 Å². The molecule has 0 aliphatic rings. The zero-order valence-electron chi connectivity index (χ0n) is 20.9. The maximum atomic E-state index is 15.2. The van der Waals surface area contributed by atoms with Crippen LogP contribution >= 0.6 is 0 Å². The van der Waals surface area contributed by atoms with E-state index in [1.165, 1.54) is 21.7 Å². The molecule has 1 N–H and O–H groups in total. The summed E-state index contributed by atoms with van der Waals surface area (Å²) < 4.78 is 16.6. The van der Waals surface area contributed by atoms with Crippen LogP contribution in [0.2, 0.25) is 0 Å². The van der Waals surface area contributed by atoms with Crippen molar-refractivity contribution in [3.8, 4) is 0 Å². The van der Waals surface area contributed by atoms with Gasteiger partial charge in [-0.3, -0.25) is 14.5 Å². The van der Waals surface area contributed by atoms with Crippen molar-refractivity contribution in [1.82, 2.24) is 20.3 Å². The maximum absolute atomic E-state index is 15.2. The number of nitrogens with zero attached hydrogens (tertiary/aromatic N) is 4. The molecule has 4 rings (SSSR count). The minimum Gasteiger partial charge on any atom is -0.349 e. The molecule has 0 fully saturated rings. The van der Waals surface area contributed by atoms with Gasteiger partial charge < -0.3 is 5.32 Å². The first-order valence-electron chi connectivity index (χ1n) is 11.9. The molecule has 2 amide bonds. The second-order valence-electron chi connectivity index (χ2n) is 9.69. The van der Waals surface area contributed by atoms with Crippen molar-refractivity contribution in [3.63, 3.8) is 0 Å². The van der Waals surface area contributed by atoms with E-state index in [1.807, 2.05) is 70.2 Å². The molecule has 0 unspecified atom stereocenters. The van der Waals surface area contributed by atoms with E-state index in [0.717, 1.165) is 12.0 Å². The Morgan fingerprint density at radius 1 is 1.00 bits per heavy atom. The van der Waals surface area contributed by atoms with Crippen LogP contribution in [0.15, 0.2) is 72.8 Å². The highest BCUT2D eigenvalue weighted by atomic mass is 19.1. The highest BCUT2D eigenvalue weighted by Crippen LogP contribution is 2.31. The molecule has 0 aliphatic carbocycles. The summed E-state index contributed by atoms with van der Waals surface area (Å²) in [6, 6.07) is 19.6. The molecule has 36 heavy (non-hydrogen) atoms. The summed E-state index contributed by atoms with van der Waals surface area (Å²) in [4.78, 5) is 28.8. The minimum absolute atomic E-state index is 0.0144. The van der Waals surface area contributed by atoms with Crippen LogP contribution in [0.5, 0.6) is 0 Å². The fourth-order valence-electron chi connectivity index (χ4n) is 4.09. The number of rotatable bonds is 7. The second kappa shape index (κ2) is 10.3. The lowest BCUT2D eigenvalue weighted by atomic mass is 9.99. The molecule has 1 aromatic heterocycles. The molecule has 186 valence electrons. The quantitative estimate of drug-likeness (QED) is 0.405. The molecule has 0 aliphatic heterocycles. The number of para-hydroxylation sites is 2. The Morgan fingerprint density at radius 2 is 1.67 bits per heavy atom. The van der Waals surface area contributed by atoms with Crippen molar-refractivity contribution >= 4 is 28.5 Å². The topological polar surface area (TPSA) is 80.1 Å². The van der Waals surface area contributed by atoms with Crippen LogP contribution in [0.25, 0.3) is 11.0 Å². The van der Waals surface area contributed by atoms with Crippen molar-refractivity contribution in [2.75, 3.05) is 4.90 Å². The predicted octanol–water partition coefficient (Wildman–Crippen LogP) is 4.82. The van der Waals surface area contributed by atoms with Gasteiger partial charge in [0.15, 0.2) is 0 Å². The van der Waals surface area contributed by atoms with E-state index in [9.17, 15) is 9.59 Å². The smallest absolute Gasteiger partial charge is 0.249 e. The molecule has 0 radical (unpaired) electrons. The summed E-state index contributed by atoms with van der Waals surface area (Å²) >= 11 is 0. The molecule has 4 aromatic rings. The first kappa shape index (κ1) is 25.0. The summed E-state index contributed by atoms with van der Waals surface area (Å²) in [6.07, 6.45) is 0.828. The van der Waals surface area contributed by atoms with Crippen LogP contribution in [-0.4, -0.2) is 32.3 Å². The molecule has 8 heteroatoms. The first-order chi connectivity index (χ1) is 17.2. The third-order valence-corrected chi connectivity index (χ3v) is 5.79. The number of hydrogen-bond acceptors (Lipinski definition) is 4. The number of amides is 2. The van der Waals surface area contributed by atoms with Gasteiger partial charge in [-0.15, -0.1) is 5.10 Å². The molecule has 1 atom stereocenters. The Hall–Kier alpha value is -4.07. The Bertz CT molecular complexity index is 1370. The number of aryl methyl sites for hydroxylation is 1. The van der Waals surface area contributed by atoms with Crippen LogP contribution in [-0.2, 0) is 22.6 Å². The van der Waals surface area contributed by atoms with Crippen LogP contribution < -0.4 is 10.2 Å². The van der Waals surface area contributed by atoms with Gasteiger partial charge in [-0.1, -0.05) is 60.7 Å².